The van der Waals surface area contributed by atoms with Crippen LogP contribution in [-0.2, 0) is 9.59 Å². The van der Waals surface area contributed by atoms with Crippen LogP contribution in [0.2, 0.25) is 0 Å². The van der Waals surface area contributed by atoms with Gasteiger partial charge in [-0.2, -0.15) is 0 Å². The van der Waals surface area contributed by atoms with E-state index < -0.39 is 17.8 Å². The number of carbonyl (C=O) groups is 3. The molecule has 2 aromatic carbocycles. The van der Waals surface area contributed by atoms with Crippen molar-refractivity contribution in [3.05, 3.63) is 59.7 Å². The summed E-state index contributed by atoms with van der Waals surface area (Å²) < 4.78 is 5.03. The highest BCUT2D eigenvalue weighted by atomic mass is 16.5. The molecule has 0 saturated carbocycles. The molecular formula is C19H16N2O5. The Morgan fingerprint density at radius 2 is 1.69 bits per heavy atom. The van der Waals surface area contributed by atoms with E-state index >= 15 is 0 Å². The summed E-state index contributed by atoms with van der Waals surface area (Å²) in [6, 6.07) is 12.1. The molecule has 7 nitrogen and oxygen atoms in total. The Morgan fingerprint density at radius 3 is 2.35 bits per heavy atom. The summed E-state index contributed by atoms with van der Waals surface area (Å²) >= 11 is 0. The standard InChI is InChI=1S/C19H16N2O5/c1-20-17(23)14(10-12-8-9-15(22)16(11-12)26-2)18(24)21(19(20)25)13-6-4-3-5-7-13/h3-11,22H,1-2H3. The van der Waals surface area contributed by atoms with E-state index in [4.69, 9.17) is 4.74 Å². The van der Waals surface area contributed by atoms with Gasteiger partial charge in [-0.05, 0) is 35.9 Å². The molecule has 0 aliphatic carbocycles. The highest BCUT2D eigenvalue weighted by molar-refractivity contribution is 6.39. The van der Waals surface area contributed by atoms with Crippen LogP contribution in [-0.4, -0.2) is 42.0 Å². The maximum absolute atomic E-state index is 12.8. The van der Waals surface area contributed by atoms with E-state index in [1.54, 1.807) is 30.3 Å². The number of hydrogen-bond acceptors (Lipinski definition) is 5. The molecule has 1 saturated heterocycles. The number of likely N-dealkylation sites (N-methyl/N-ethyl adjacent to an activating group) is 1. The molecular weight excluding hydrogens is 336 g/mol. The average molecular weight is 352 g/mol. The summed E-state index contributed by atoms with van der Waals surface area (Å²) in [5.74, 6) is -1.26. The van der Waals surface area contributed by atoms with Crippen LogP contribution in [0.4, 0.5) is 10.5 Å². The summed E-state index contributed by atoms with van der Waals surface area (Å²) in [5, 5.41) is 9.67. The smallest absolute Gasteiger partial charge is 0.338 e. The lowest BCUT2D eigenvalue weighted by Crippen LogP contribution is -2.55. The zero-order valence-electron chi connectivity index (χ0n) is 14.2. The number of benzene rings is 2. The number of methoxy groups -OCH3 is 1. The number of phenols is 1. The Balaban J connectivity index is 2.07. The van der Waals surface area contributed by atoms with Crippen LogP contribution < -0.4 is 9.64 Å². The van der Waals surface area contributed by atoms with Crippen molar-refractivity contribution in [1.29, 1.82) is 0 Å². The second-order valence-corrected chi connectivity index (χ2v) is 5.61. The fourth-order valence-electron chi connectivity index (χ4n) is 2.60. The van der Waals surface area contributed by atoms with Crippen LogP contribution in [0.1, 0.15) is 5.56 Å². The van der Waals surface area contributed by atoms with Crippen molar-refractivity contribution in [3.63, 3.8) is 0 Å². The summed E-state index contributed by atoms with van der Waals surface area (Å²) in [6.45, 7) is 0. The third kappa shape index (κ3) is 2.90. The molecule has 3 rings (SSSR count). The van der Waals surface area contributed by atoms with Crippen molar-refractivity contribution in [2.24, 2.45) is 0 Å². The Kier molecular flexibility index (Phi) is 4.45. The van der Waals surface area contributed by atoms with Crippen LogP contribution in [0, 0.1) is 0 Å². The van der Waals surface area contributed by atoms with E-state index in [1.807, 2.05) is 0 Å². The number of aromatic hydroxyl groups is 1. The van der Waals surface area contributed by atoms with Crippen molar-refractivity contribution in [2.45, 2.75) is 0 Å². The van der Waals surface area contributed by atoms with Crippen molar-refractivity contribution in [2.75, 3.05) is 19.1 Å². The Morgan fingerprint density at radius 1 is 1.00 bits per heavy atom. The van der Waals surface area contributed by atoms with Crippen LogP contribution >= 0.6 is 0 Å². The van der Waals surface area contributed by atoms with Gasteiger partial charge in [0.05, 0.1) is 12.8 Å². The molecule has 1 aliphatic rings. The molecule has 0 bridgehead atoms. The molecule has 7 heteroatoms. The number of para-hydroxylation sites is 1. The number of rotatable bonds is 3. The number of nitrogens with zero attached hydrogens (tertiary/aromatic N) is 2. The molecule has 0 aromatic heterocycles. The average Bonchev–Trinajstić information content (AvgIpc) is 2.66. The lowest BCUT2D eigenvalue weighted by atomic mass is 10.1. The molecule has 1 fully saturated rings. The quantitative estimate of drug-likeness (QED) is 0.677. The zero-order valence-corrected chi connectivity index (χ0v) is 14.2. The van der Waals surface area contributed by atoms with Gasteiger partial charge in [-0.1, -0.05) is 24.3 Å². The predicted molar refractivity (Wildman–Crippen MR) is 94.7 cm³/mol. The number of carbonyl (C=O) groups excluding carboxylic acids is 3. The zero-order chi connectivity index (χ0) is 18.8. The van der Waals surface area contributed by atoms with Crippen molar-refractivity contribution >= 4 is 29.6 Å². The molecule has 0 radical (unpaired) electrons. The van der Waals surface area contributed by atoms with Gasteiger partial charge in [0.15, 0.2) is 11.5 Å². The lowest BCUT2D eigenvalue weighted by Gasteiger charge is -2.31. The van der Waals surface area contributed by atoms with Gasteiger partial charge < -0.3 is 9.84 Å². The third-order valence-electron chi connectivity index (χ3n) is 3.98. The van der Waals surface area contributed by atoms with Crippen LogP contribution in [0.25, 0.3) is 6.08 Å². The largest absolute Gasteiger partial charge is 0.504 e. The van der Waals surface area contributed by atoms with Crippen LogP contribution in [0.3, 0.4) is 0 Å². The minimum Gasteiger partial charge on any atom is -0.504 e. The maximum atomic E-state index is 12.8. The number of urea groups is 1. The number of anilines is 1. The highest BCUT2D eigenvalue weighted by Crippen LogP contribution is 2.29. The van der Waals surface area contributed by atoms with E-state index in [2.05, 4.69) is 0 Å². The topological polar surface area (TPSA) is 87.2 Å². The van der Waals surface area contributed by atoms with E-state index in [0.717, 1.165) is 9.80 Å². The minimum absolute atomic E-state index is 0.0610. The first kappa shape index (κ1) is 17.2. The van der Waals surface area contributed by atoms with Gasteiger partial charge in [-0.15, -0.1) is 0 Å². The highest BCUT2D eigenvalue weighted by Gasteiger charge is 2.40. The van der Waals surface area contributed by atoms with Crippen molar-refractivity contribution in [3.8, 4) is 11.5 Å². The second kappa shape index (κ2) is 6.72. The second-order valence-electron chi connectivity index (χ2n) is 5.61. The van der Waals surface area contributed by atoms with Gasteiger partial charge in [-0.3, -0.25) is 14.5 Å². The van der Waals surface area contributed by atoms with Gasteiger partial charge in [0, 0.05) is 7.05 Å². The fraction of sp³-hybridized carbons (Fsp3) is 0.105. The molecule has 1 N–H and O–H groups in total. The van der Waals surface area contributed by atoms with Crippen LogP contribution in [0.15, 0.2) is 54.1 Å². The SMILES string of the molecule is COc1cc(C=C2C(=O)N(C)C(=O)N(c3ccccc3)C2=O)ccc1O. The molecule has 1 heterocycles. The fourth-order valence-corrected chi connectivity index (χ4v) is 2.60. The lowest BCUT2D eigenvalue weighted by molar-refractivity contribution is -0.128. The van der Waals surface area contributed by atoms with Gasteiger partial charge in [0.1, 0.15) is 5.57 Å². The molecule has 4 amide bonds. The van der Waals surface area contributed by atoms with Gasteiger partial charge >= 0.3 is 6.03 Å². The third-order valence-corrected chi connectivity index (χ3v) is 3.98. The van der Waals surface area contributed by atoms with E-state index in [1.165, 1.54) is 38.4 Å². The summed E-state index contributed by atoms with van der Waals surface area (Å²) in [6.07, 6.45) is 1.37. The van der Waals surface area contributed by atoms with Crippen LogP contribution in [0.5, 0.6) is 11.5 Å². The maximum Gasteiger partial charge on any atom is 0.338 e. The number of imide groups is 2. The molecule has 132 valence electrons. The Labute approximate surface area is 149 Å². The van der Waals surface area contributed by atoms with E-state index in [0.29, 0.717) is 11.3 Å². The first-order valence-electron chi connectivity index (χ1n) is 7.74. The van der Waals surface area contributed by atoms with Crippen molar-refractivity contribution in [1.82, 2.24) is 4.90 Å². The minimum atomic E-state index is -0.716. The van der Waals surface area contributed by atoms with Gasteiger partial charge in [0.25, 0.3) is 11.8 Å². The summed E-state index contributed by atoms with van der Waals surface area (Å²) in [4.78, 5) is 39.5. The predicted octanol–water partition coefficient (Wildman–Crippen LogP) is 2.41. The van der Waals surface area contributed by atoms with Crippen molar-refractivity contribution < 1.29 is 24.2 Å². The molecule has 0 unspecified atom stereocenters. The summed E-state index contributed by atoms with van der Waals surface area (Å²) in [7, 11) is 2.71. The van der Waals surface area contributed by atoms with E-state index in [-0.39, 0.29) is 17.1 Å². The molecule has 2 aromatic rings. The monoisotopic (exact) mass is 352 g/mol. The number of hydrogen-bond donors (Lipinski definition) is 1. The Hall–Kier alpha value is -3.61. The van der Waals surface area contributed by atoms with Gasteiger partial charge in [-0.25, -0.2) is 9.69 Å². The Bertz CT molecular complexity index is 921. The molecule has 0 atom stereocenters. The molecule has 26 heavy (non-hydrogen) atoms. The summed E-state index contributed by atoms with van der Waals surface area (Å²) in [5.41, 5.74) is 0.687. The molecule has 0 spiro atoms. The molecule has 1 aliphatic heterocycles. The number of ether oxygens (including phenoxy) is 1. The normalized spacial score (nSPS) is 16.4. The first-order valence-corrected chi connectivity index (χ1v) is 7.74. The number of amides is 4. The van der Waals surface area contributed by atoms with E-state index in [9.17, 15) is 19.5 Å². The first-order chi connectivity index (χ1) is 12.4. The number of barbiturate groups is 1. The number of phenolic OH excluding ortho intramolecular Hbond substituents is 1. The van der Waals surface area contributed by atoms with Gasteiger partial charge in [0.2, 0.25) is 0 Å².